The fraction of sp³-hybridized carbons (Fsp3) is 0.643. The zero-order valence-electron chi connectivity index (χ0n) is 13.4. The van der Waals surface area contributed by atoms with Gasteiger partial charge in [0.25, 0.3) is 0 Å². The highest BCUT2D eigenvalue weighted by molar-refractivity contribution is 5.96. The van der Waals surface area contributed by atoms with Gasteiger partial charge in [-0.05, 0) is 5.92 Å². The van der Waals surface area contributed by atoms with E-state index in [-0.39, 0.29) is 42.4 Å². The summed E-state index contributed by atoms with van der Waals surface area (Å²) in [7, 11) is 2.83. The number of ether oxygens (including phenoxy) is 3. The van der Waals surface area contributed by atoms with Crippen LogP contribution >= 0.6 is 0 Å². The van der Waals surface area contributed by atoms with Gasteiger partial charge in [0.15, 0.2) is 5.56 Å². The number of anilines is 1. The number of nitrogen functional groups attached to an aromatic ring is 1. The molecule has 8 nitrogen and oxygen atoms in total. The lowest BCUT2D eigenvalue weighted by atomic mass is 10.1. The van der Waals surface area contributed by atoms with Crippen LogP contribution in [0.1, 0.15) is 37.0 Å². The monoisotopic (exact) mass is 313 g/mol. The highest BCUT2D eigenvalue weighted by Gasteiger charge is 2.23. The van der Waals surface area contributed by atoms with Gasteiger partial charge in [0, 0.05) is 13.5 Å². The summed E-state index contributed by atoms with van der Waals surface area (Å²) in [4.78, 5) is 23.2. The number of hydrogen-bond donors (Lipinski definition) is 1. The van der Waals surface area contributed by atoms with Crippen LogP contribution in [0.15, 0.2) is 0 Å². The van der Waals surface area contributed by atoms with Gasteiger partial charge in [-0.3, -0.25) is 4.79 Å². The molecule has 0 aliphatic rings. The number of carbonyl (C=O) groups excluding carboxylic acids is 2. The largest absolute Gasteiger partial charge is 0.472 e. The van der Waals surface area contributed by atoms with Crippen LogP contribution in [0, 0.1) is 5.92 Å². The number of esters is 2. The van der Waals surface area contributed by atoms with Gasteiger partial charge in [0.05, 0.1) is 7.11 Å². The fourth-order valence-corrected chi connectivity index (χ4v) is 1.69. The summed E-state index contributed by atoms with van der Waals surface area (Å²) >= 11 is 0. The first-order chi connectivity index (χ1) is 10.4. The van der Waals surface area contributed by atoms with Gasteiger partial charge in [-0.15, -0.1) is 5.10 Å². The lowest BCUT2D eigenvalue weighted by molar-refractivity contribution is -0.145. The Labute approximate surface area is 129 Å². The first-order valence-corrected chi connectivity index (χ1v) is 7.09. The third-order valence-corrected chi connectivity index (χ3v) is 3.25. The van der Waals surface area contributed by atoms with E-state index in [1.807, 2.05) is 13.8 Å². The van der Waals surface area contributed by atoms with Crippen molar-refractivity contribution in [1.82, 2.24) is 9.78 Å². The molecular weight excluding hydrogens is 290 g/mol. The van der Waals surface area contributed by atoms with Crippen LogP contribution in [0.5, 0.6) is 5.88 Å². The molecule has 0 aliphatic carbocycles. The predicted octanol–water partition coefficient (Wildman–Crippen LogP) is 1.15. The number of methoxy groups -OCH3 is 1. The summed E-state index contributed by atoms with van der Waals surface area (Å²) in [6, 6.07) is 0. The van der Waals surface area contributed by atoms with E-state index in [2.05, 4.69) is 9.84 Å². The SMILES string of the molecule is CCC(C)CC(=O)OCCOc1nn(C)c(N)c1C(=O)OC. The molecule has 124 valence electrons. The Morgan fingerprint density at radius 1 is 1.36 bits per heavy atom. The standard InChI is InChI=1S/C14H23N3O5/c1-5-9(2)8-10(18)21-6-7-22-13-11(14(19)20-4)12(15)17(3)16-13/h9H,5-8,15H2,1-4H3. The van der Waals surface area contributed by atoms with Crippen molar-refractivity contribution in [1.29, 1.82) is 0 Å². The normalized spacial score (nSPS) is 11.8. The molecule has 1 aromatic rings. The van der Waals surface area contributed by atoms with E-state index in [1.54, 1.807) is 7.05 Å². The van der Waals surface area contributed by atoms with Crippen molar-refractivity contribution in [3.63, 3.8) is 0 Å². The highest BCUT2D eigenvalue weighted by atomic mass is 16.6. The van der Waals surface area contributed by atoms with Crippen LogP contribution in [0.4, 0.5) is 5.82 Å². The summed E-state index contributed by atoms with van der Waals surface area (Å²) in [5.74, 6) is -0.406. The molecule has 0 aromatic carbocycles. The van der Waals surface area contributed by atoms with E-state index in [9.17, 15) is 9.59 Å². The van der Waals surface area contributed by atoms with Crippen molar-refractivity contribution >= 4 is 17.8 Å². The number of aromatic nitrogens is 2. The van der Waals surface area contributed by atoms with Gasteiger partial charge in [-0.1, -0.05) is 20.3 Å². The molecule has 0 saturated carbocycles. The summed E-state index contributed by atoms with van der Waals surface area (Å²) in [6.45, 7) is 4.15. The lowest BCUT2D eigenvalue weighted by Gasteiger charge is -2.09. The molecule has 0 amide bonds. The topological polar surface area (TPSA) is 106 Å². The summed E-state index contributed by atoms with van der Waals surface area (Å²) in [5, 5.41) is 3.99. The smallest absolute Gasteiger partial charge is 0.347 e. The van der Waals surface area contributed by atoms with Gasteiger partial charge in [-0.25, -0.2) is 9.48 Å². The summed E-state index contributed by atoms with van der Waals surface area (Å²) < 4.78 is 16.4. The van der Waals surface area contributed by atoms with Gasteiger partial charge in [0.2, 0.25) is 5.88 Å². The molecule has 0 fully saturated rings. The van der Waals surface area contributed by atoms with E-state index in [0.717, 1.165) is 6.42 Å². The third-order valence-electron chi connectivity index (χ3n) is 3.25. The third kappa shape index (κ3) is 4.64. The maximum atomic E-state index is 11.6. The van der Waals surface area contributed by atoms with E-state index >= 15 is 0 Å². The minimum absolute atomic E-state index is 0.0600. The highest BCUT2D eigenvalue weighted by Crippen LogP contribution is 2.23. The molecular formula is C14H23N3O5. The Morgan fingerprint density at radius 3 is 2.64 bits per heavy atom. The van der Waals surface area contributed by atoms with Crippen LogP contribution in [-0.4, -0.2) is 42.0 Å². The Kier molecular flexibility index (Phi) is 6.68. The average Bonchev–Trinajstić information content (AvgIpc) is 2.77. The zero-order chi connectivity index (χ0) is 16.7. The van der Waals surface area contributed by atoms with Crippen molar-refractivity contribution in [2.45, 2.75) is 26.7 Å². The van der Waals surface area contributed by atoms with Gasteiger partial charge in [0.1, 0.15) is 19.0 Å². The second-order valence-electron chi connectivity index (χ2n) is 4.97. The molecule has 1 rings (SSSR count). The van der Waals surface area contributed by atoms with E-state index < -0.39 is 5.97 Å². The Hall–Kier alpha value is -2.25. The fourth-order valence-electron chi connectivity index (χ4n) is 1.69. The maximum absolute atomic E-state index is 11.6. The van der Waals surface area contributed by atoms with Crippen molar-refractivity contribution < 1.29 is 23.8 Å². The minimum atomic E-state index is -0.630. The number of nitrogens with zero attached hydrogens (tertiary/aromatic N) is 2. The first kappa shape index (κ1) is 17.8. The van der Waals surface area contributed by atoms with E-state index in [1.165, 1.54) is 11.8 Å². The average molecular weight is 313 g/mol. The van der Waals surface area contributed by atoms with Crippen LogP contribution in [-0.2, 0) is 21.3 Å². The lowest BCUT2D eigenvalue weighted by Crippen LogP contribution is -2.15. The summed E-state index contributed by atoms with van der Waals surface area (Å²) in [6.07, 6.45) is 1.29. The molecule has 8 heteroatoms. The number of hydrogen-bond acceptors (Lipinski definition) is 7. The van der Waals surface area contributed by atoms with Crippen LogP contribution in [0.3, 0.4) is 0 Å². The zero-order valence-corrected chi connectivity index (χ0v) is 13.4. The van der Waals surface area contributed by atoms with Crippen LogP contribution in [0.2, 0.25) is 0 Å². The molecule has 2 N–H and O–H groups in total. The molecule has 0 aliphatic heterocycles. The predicted molar refractivity (Wildman–Crippen MR) is 79.5 cm³/mol. The number of aryl methyl sites for hydroxylation is 1. The van der Waals surface area contributed by atoms with Crippen molar-refractivity contribution in [3.05, 3.63) is 5.56 Å². The first-order valence-electron chi connectivity index (χ1n) is 7.09. The molecule has 1 atom stereocenters. The van der Waals surface area contributed by atoms with Crippen LogP contribution in [0.25, 0.3) is 0 Å². The maximum Gasteiger partial charge on any atom is 0.347 e. The van der Waals surface area contributed by atoms with Crippen LogP contribution < -0.4 is 10.5 Å². The molecule has 0 bridgehead atoms. The van der Waals surface area contributed by atoms with Gasteiger partial charge >= 0.3 is 11.9 Å². The second kappa shape index (κ2) is 8.26. The quantitative estimate of drug-likeness (QED) is 0.566. The Morgan fingerprint density at radius 2 is 2.05 bits per heavy atom. The number of rotatable bonds is 8. The second-order valence-corrected chi connectivity index (χ2v) is 4.97. The van der Waals surface area contributed by atoms with Gasteiger partial charge < -0.3 is 19.9 Å². The molecule has 0 spiro atoms. The molecule has 1 heterocycles. The minimum Gasteiger partial charge on any atom is -0.472 e. The van der Waals surface area contributed by atoms with E-state index in [0.29, 0.717) is 6.42 Å². The Balaban J connectivity index is 2.50. The summed E-state index contributed by atoms with van der Waals surface area (Å²) in [5.41, 5.74) is 5.80. The number of nitrogens with two attached hydrogens (primary N) is 1. The van der Waals surface area contributed by atoms with Crippen molar-refractivity contribution in [2.24, 2.45) is 13.0 Å². The molecule has 22 heavy (non-hydrogen) atoms. The van der Waals surface area contributed by atoms with Crippen molar-refractivity contribution in [2.75, 3.05) is 26.1 Å². The molecule has 1 unspecified atom stereocenters. The molecule has 1 aromatic heterocycles. The van der Waals surface area contributed by atoms with Crippen molar-refractivity contribution in [3.8, 4) is 5.88 Å². The number of carbonyl (C=O) groups is 2. The Bertz CT molecular complexity index is 527. The van der Waals surface area contributed by atoms with Gasteiger partial charge in [-0.2, -0.15) is 0 Å². The molecule has 0 saturated heterocycles. The molecule has 0 radical (unpaired) electrons. The van der Waals surface area contributed by atoms with E-state index in [4.69, 9.17) is 15.2 Å².